The Kier molecular flexibility index (Phi) is 1.29. The highest BCUT2D eigenvalue weighted by Gasteiger charge is 2.44. The molecule has 0 amide bonds. The maximum Gasteiger partial charge on any atom is 0.0439 e. The van der Waals surface area contributed by atoms with E-state index in [2.05, 4.69) is 24.2 Å². The summed E-state index contributed by atoms with van der Waals surface area (Å²) in [6, 6.07) is 0.758. The molecule has 2 aliphatic rings. The van der Waals surface area contributed by atoms with E-state index in [0.717, 1.165) is 6.04 Å². The molecule has 2 fully saturated rings. The Hall–Kier alpha value is -0.0800. The minimum Gasteiger partial charge on any atom is -0.306 e. The summed E-state index contributed by atoms with van der Waals surface area (Å²) in [6.07, 6.45) is 2.76. The van der Waals surface area contributed by atoms with Gasteiger partial charge in [-0.15, -0.1) is 0 Å². The molecule has 2 heterocycles. The van der Waals surface area contributed by atoms with Crippen LogP contribution in [-0.2, 0) is 0 Å². The average Bonchev–Trinajstić information content (AvgIpc) is 2.10. The highest BCUT2D eigenvalue weighted by molar-refractivity contribution is 5.06. The van der Waals surface area contributed by atoms with Crippen LogP contribution < -0.4 is 5.32 Å². The number of nitrogens with one attached hydrogen (secondary N) is 1. The summed E-state index contributed by atoms with van der Waals surface area (Å²) in [6.45, 7) is 4.81. The van der Waals surface area contributed by atoms with Gasteiger partial charge in [0.2, 0.25) is 0 Å². The van der Waals surface area contributed by atoms with Gasteiger partial charge < -0.3 is 10.2 Å². The van der Waals surface area contributed by atoms with Crippen molar-refractivity contribution in [2.24, 2.45) is 0 Å². The molecule has 58 valence electrons. The van der Waals surface area contributed by atoms with E-state index in [1.54, 1.807) is 0 Å². The first-order valence-corrected chi connectivity index (χ1v) is 4.16. The van der Waals surface area contributed by atoms with Crippen molar-refractivity contribution >= 4 is 0 Å². The molecule has 2 nitrogen and oxygen atoms in total. The molecular weight excluding hydrogens is 124 g/mol. The smallest absolute Gasteiger partial charge is 0.0439 e. The summed E-state index contributed by atoms with van der Waals surface area (Å²) in [7, 11) is 2.19. The van der Waals surface area contributed by atoms with Crippen LogP contribution in [0.15, 0.2) is 0 Å². The van der Waals surface area contributed by atoms with Gasteiger partial charge in [0.1, 0.15) is 0 Å². The van der Waals surface area contributed by atoms with E-state index in [4.69, 9.17) is 0 Å². The lowest BCUT2D eigenvalue weighted by molar-refractivity contribution is 0.0791. The van der Waals surface area contributed by atoms with Gasteiger partial charge in [0.15, 0.2) is 0 Å². The van der Waals surface area contributed by atoms with Gasteiger partial charge in [-0.05, 0) is 26.8 Å². The number of likely N-dealkylation sites (tertiary alicyclic amines) is 1. The van der Waals surface area contributed by atoms with Crippen LogP contribution in [0.3, 0.4) is 0 Å². The normalized spacial score (nSPS) is 38.4. The fourth-order valence-corrected chi connectivity index (χ4v) is 2.40. The Bertz CT molecular complexity index is 133. The fraction of sp³-hybridized carbons (Fsp3) is 1.00. The molecule has 2 rings (SSSR count). The number of hydrogen-bond acceptors (Lipinski definition) is 2. The van der Waals surface area contributed by atoms with Crippen molar-refractivity contribution < 1.29 is 0 Å². The molecule has 0 aromatic rings. The van der Waals surface area contributed by atoms with Gasteiger partial charge in [-0.3, -0.25) is 0 Å². The molecule has 0 saturated carbocycles. The summed E-state index contributed by atoms with van der Waals surface area (Å²) < 4.78 is 0. The summed E-state index contributed by atoms with van der Waals surface area (Å²) in [5.41, 5.74) is 0.536. The lowest BCUT2D eigenvalue weighted by Crippen LogP contribution is -2.65. The largest absolute Gasteiger partial charge is 0.306 e. The summed E-state index contributed by atoms with van der Waals surface area (Å²) in [5, 5.41) is 3.66. The minimum absolute atomic E-state index is 0.536. The molecule has 1 N–H and O–H groups in total. The molecule has 10 heavy (non-hydrogen) atoms. The van der Waals surface area contributed by atoms with Gasteiger partial charge in [-0.25, -0.2) is 0 Å². The maximum atomic E-state index is 3.66. The van der Waals surface area contributed by atoms with Crippen LogP contribution in [0.4, 0.5) is 0 Å². The van der Waals surface area contributed by atoms with Gasteiger partial charge in [0.25, 0.3) is 0 Å². The first-order valence-electron chi connectivity index (χ1n) is 4.16. The van der Waals surface area contributed by atoms with E-state index < -0.39 is 0 Å². The van der Waals surface area contributed by atoms with Crippen LogP contribution >= 0.6 is 0 Å². The van der Waals surface area contributed by atoms with Crippen LogP contribution in [-0.4, -0.2) is 36.6 Å². The predicted octanol–water partition coefficient (Wildman–Crippen LogP) is 0.442. The molecule has 2 aliphatic heterocycles. The number of hydrogen-bond donors (Lipinski definition) is 1. The first-order chi connectivity index (χ1) is 4.70. The highest BCUT2D eigenvalue weighted by atomic mass is 15.3. The quantitative estimate of drug-likeness (QED) is 0.525. The summed E-state index contributed by atoms with van der Waals surface area (Å²) in [4.78, 5) is 2.38. The SMILES string of the molecule is CC1CCC2(CN(C)C2)N1. The Morgan fingerprint density at radius 2 is 2.20 bits per heavy atom. The van der Waals surface area contributed by atoms with E-state index >= 15 is 0 Å². The van der Waals surface area contributed by atoms with E-state index in [0.29, 0.717) is 5.54 Å². The van der Waals surface area contributed by atoms with Gasteiger partial charge in [-0.1, -0.05) is 0 Å². The van der Waals surface area contributed by atoms with Crippen LogP contribution in [0.5, 0.6) is 0 Å². The second kappa shape index (κ2) is 1.95. The first kappa shape index (κ1) is 6.62. The lowest BCUT2D eigenvalue weighted by atomic mass is 9.89. The fourth-order valence-electron chi connectivity index (χ4n) is 2.40. The van der Waals surface area contributed by atoms with E-state index in [1.807, 2.05) is 0 Å². The van der Waals surface area contributed by atoms with Crippen LogP contribution in [0.25, 0.3) is 0 Å². The monoisotopic (exact) mass is 140 g/mol. The van der Waals surface area contributed by atoms with E-state index in [-0.39, 0.29) is 0 Å². The maximum absolute atomic E-state index is 3.66. The average molecular weight is 140 g/mol. The molecule has 0 radical (unpaired) electrons. The molecule has 2 saturated heterocycles. The predicted molar refractivity (Wildman–Crippen MR) is 42.1 cm³/mol. The van der Waals surface area contributed by atoms with Gasteiger partial charge >= 0.3 is 0 Å². The third kappa shape index (κ3) is 0.867. The van der Waals surface area contributed by atoms with E-state index in [1.165, 1.54) is 25.9 Å². The van der Waals surface area contributed by atoms with Crippen molar-refractivity contribution in [3.63, 3.8) is 0 Å². The van der Waals surface area contributed by atoms with Gasteiger partial charge in [-0.2, -0.15) is 0 Å². The second-order valence-corrected chi connectivity index (χ2v) is 4.04. The molecule has 1 spiro atoms. The lowest BCUT2D eigenvalue weighted by Gasteiger charge is -2.46. The molecule has 1 unspecified atom stereocenters. The minimum atomic E-state index is 0.536. The van der Waals surface area contributed by atoms with Crippen molar-refractivity contribution in [1.29, 1.82) is 0 Å². The zero-order valence-electron chi connectivity index (χ0n) is 6.85. The number of likely N-dealkylation sites (N-methyl/N-ethyl adjacent to an activating group) is 1. The molecule has 0 aromatic carbocycles. The van der Waals surface area contributed by atoms with E-state index in [9.17, 15) is 0 Å². The summed E-state index contributed by atoms with van der Waals surface area (Å²) in [5.74, 6) is 0. The summed E-state index contributed by atoms with van der Waals surface area (Å²) >= 11 is 0. The standard InChI is InChI=1S/C8H16N2/c1-7-3-4-8(9-7)5-10(2)6-8/h7,9H,3-6H2,1-2H3. The number of rotatable bonds is 0. The van der Waals surface area contributed by atoms with Crippen molar-refractivity contribution in [1.82, 2.24) is 10.2 Å². The van der Waals surface area contributed by atoms with Crippen LogP contribution in [0.1, 0.15) is 19.8 Å². The van der Waals surface area contributed by atoms with Crippen molar-refractivity contribution in [3.8, 4) is 0 Å². The molecule has 0 aromatic heterocycles. The Labute approximate surface area is 62.6 Å². The Morgan fingerprint density at radius 1 is 1.50 bits per heavy atom. The molecule has 0 aliphatic carbocycles. The Morgan fingerprint density at radius 3 is 2.60 bits per heavy atom. The zero-order chi connectivity index (χ0) is 7.19. The van der Waals surface area contributed by atoms with Crippen LogP contribution in [0, 0.1) is 0 Å². The highest BCUT2D eigenvalue weighted by Crippen LogP contribution is 2.30. The van der Waals surface area contributed by atoms with Crippen molar-refractivity contribution in [2.75, 3.05) is 20.1 Å². The van der Waals surface area contributed by atoms with Crippen molar-refractivity contribution in [2.45, 2.75) is 31.3 Å². The Balaban J connectivity index is 1.95. The van der Waals surface area contributed by atoms with Crippen LogP contribution in [0.2, 0.25) is 0 Å². The topological polar surface area (TPSA) is 15.3 Å². The molecular formula is C8H16N2. The zero-order valence-corrected chi connectivity index (χ0v) is 6.85. The van der Waals surface area contributed by atoms with Gasteiger partial charge in [0.05, 0.1) is 0 Å². The number of nitrogens with zero attached hydrogens (tertiary/aromatic N) is 1. The molecule has 0 bridgehead atoms. The third-order valence-corrected chi connectivity index (χ3v) is 2.75. The molecule has 1 atom stereocenters. The van der Waals surface area contributed by atoms with Crippen molar-refractivity contribution in [3.05, 3.63) is 0 Å². The third-order valence-electron chi connectivity index (χ3n) is 2.75. The second-order valence-electron chi connectivity index (χ2n) is 4.04. The molecule has 2 heteroatoms. The van der Waals surface area contributed by atoms with Gasteiger partial charge in [0, 0.05) is 24.7 Å².